The van der Waals surface area contributed by atoms with Crippen LogP contribution in [0.15, 0.2) is 96.3 Å². The summed E-state index contributed by atoms with van der Waals surface area (Å²) in [4.78, 5) is 27.7. The Labute approximate surface area is 242 Å². The third-order valence-electron chi connectivity index (χ3n) is 6.69. The molecule has 7 nitrogen and oxygen atoms in total. The molecule has 0 aliphatic carbocycles. The van der Waals surface area contributed by atoms with Crippen molar-refractivity contribution in [2.75, 3.05) is 7.11 Å². The molecule has 0 radical (unpaired) electrons. The molecule has 1 aliphatic rings. The zero-order valence-electron chi connectivity index (χ0n) is 23.1. The molecule has 0 saturated heterocycles. The number of hydrogen-bond acceptors (Lipinski definition) is 5. The van der Waals surface area contributed by atoms with E-state index >= 15 is 0 Å². The Morgan fingerprint density at radius 1 is 1.10 bits per heavy atom. The number of halogens is 2. The van der Waals surface area contributed by atoms with Gasteiger partial charge in [-0.15, -0.1) is 6.42 Å². The van der Waals surface area contributed by atoms with Gasteiger partial charge in [0.1, 0.15) is 12.6 Å². The first-order valence-electron chi connectivity index (χ1n) is 13.0. The molecule has 1 N–H and O–H groups in total. The van der Waals surface area contributed by atoms with E-state index in [2.05, 4.69) is 0 Å². The molecule has 0 saturated carbocycles. The van der Waals surface area contributed by atoms with E-state index in [1.54, 1.807) is 42.5 Å². The van der Waals surface area contributed by atoms with Gasteiger partial charge in [-0.2, -0.15) is 0 Å². The predicted molar refractivity (Wildman–Crippen MR) is 152 cm³/mol. The number of carbonyl (C=O) groups excluding carboxylic acids is 1. The molecular weight excluding hydrogens is 544 g/mol. The first-order chi connectivity index (χ1) is 20.2. The lowest BCUT2D eigenvalue weighted by atomic mass is 9.91. The third kappa shape index (κ3) is 6.78. The van der Waals surface area contributed by atoms with Crippen molar-refractivity contribution in [1.29, 1.82) is 0 Å². The van der Waals surface area contributed by atoms with Crippen molar-refractivity contribution in [3.8, 4) is 23.8 Å². The quantitative estimate of drug-likeness (QED) is 0.180. The van der Waals surface area contributed by atoms with Crippen molar-refractivity contribution in [1.82, 2.24) is 4.90 Å². The predicted octanol–water partition coefficient (Wildman–Crippen LogP) is 6.06. The maximum absolute atomic E-state index is 14.7. The zero-order chi connectivity index (χ0) is 30.2. The minimum absolute atomic E-state index is 0.0881. The van der Waals surface area contributed by atoms with Gasteiger partial charge in [0.25, 0.3) is 5.91 Å². The van der Waals surface area contributed by atoms with Gasteiger partial charge in [0.15, 0.2) is 17.3 Å². The largest absolute Gasteiger partial charge is 0.493 e. The Balaban J connectivity index is 1.72. The number of carbonyl (C=O) groups is 2. The van der Waals surface area contributed by atoms with Gasteiger partial charge in [-0.25, -0.2) is 13.6 Å². The van der Waals surface area contributed by atoms with Crippen molar-refractivity contribution in [2.45, 2.75) is 38.6 Å². The zero-order valence-corrected chi connectivity index (χ0v) is 23.1. The maximum Gasteiger partial charge on any atom is 0.326 e. The summed E-state index contributed by atoms with van der Waals surface area (Å²) >= 11 is 0. The Kier molecular flexibility index (Phi) is 9.61. The number of allylic oxidation sites excluding steroid dienone is 4. The van der Waals surface area contributed by atoms with Crippen molar-refractivity contribution in [3.05, 3.63) is 119 Å². The molecule has 1 heterocycles. The van der Waals surface area contributed by atoms with Crippen LogP contribution in [0.4, 0.5) is 8.78 Å². The van der Waals surface area contributed by atoms with Gasteiger partial charge in [-0.05, 0) is 30.0 Å². The van der Waals surface area contributed by atoms with Crippen LogP contribution in [-0.4, -0.2) is 35.0 Å². The summed E-state index contributed by atoms with van der Waals surface area (Å²) in [5.74, 6) is -1.92. The number of amides is 1. The highest BCUT2D eigenvalue weighted by Crippen LogP contribution is 2.40. The number of methoxy groups -OCH3 is 1. The summed E-state index contributed by atoms with van der Waals surface area (Å²) in [6.45, 7) is 1.14. The monoisotopic (exact) mass is 573 g/mol. The fourth-order valence-electron chi connectivity index (χ4n) is 4.67. The molecule has 0 aromatic heterocycles. The minimum Gasteiger partial charge on any atom is -0.493 e. The topological polar surface area (TPSA) is 85.3 Å². The number of rotatable bonds is 10. The summed E-state index contributed by atoms with van der Waals surface area (Å²) in [6.07, 6.45) is 4.39. The van der Waals surface area contributed by atoms with Crippen LogP contribution in [0.3, 0.4) is 0 Å². The highest BCUT2D eigenvalue weighted by molar-refractivity contribution is 5.88. The second-order valence-corrected chi connectivity index (χ2v) is 9.49. The molecule has 1 amide bonds. The summed E-state index contributed by atoms with van der Waals surface area (Å²) in [7, 11) is 1.49. The molecule has 216 valence electrons. The minimum atomic E-state index is -1.51. The van der Waals surface area contributed by atoms with Crippen molar-refractivity contribution < 1.29 is 37.7 Å². The molecule has 2 atom stereocenters. The summed E-state index contributed by atoms with van der Waals surface area (Å²) < 4.78 is 45.3. The van der Waals surface area contributed by atoms with Gasteiger partial charge in [0.05, 0.1) is 12.9 Å². The molecule has 1 aliphatic heterocycles. The van der Waals surface area contributed by atoms with Crippen molar-refractivity contribution in [2.24, 2.45) is 0 Å². The number of fused-ring (bicyclic) bond motifs is 1. The van der Waals surface area contributed by atoms with Crippen LogP contribution < -0.4 is 9.47 Å². The normalized spacial score (nSPS) is 15.9. The van der Waals surface area contributed by atoms with Gasteiger partial charge in [0, 0.05) is 30.2 Å². The second-order valence-electron chi connectivity index (χ2n) is 9.49. The fraction of sp³-hybridized carbons (Fsp3) is 0.212. The van der Waals surface area contributed by atoms with Gasteiger partial charge < -0.3 is 24.2 Å². The second kappa shape index (κ2) is 13.5. The molecule has 4 rings (SSSR count). The number of carboxylic acids is 1. The number of ether oxygens (including phenoxy) is 3. The van der Waals surface area contributed by atoms with E-state index < -0.39 is 41.4 Å². The number of aliphatic carboxylic acids is 1. The van der Waals surface area contributed by atoms with Crippen LogP contribution >= 0.6 is 0 Å². The smallest absolute Gasteiger partial charge is 0.326 e. The van der Waals surface area contributed by atoms with E-state index in [0.29, 0.717) is 34.3 Å². The molecular formula is C33H29F2NO6. The Morgan fingerprint density at radius 2 is 1.76 bits per heavy atom. The summed E-state index contributed by atoms with van der Waals surface area (Å²) in [5, 5.41) is 10.2. The molecule has 0 bridgehead atoms. The first-order valence-corrected chi connectivity index (χ1v) is 13.0. The highest BCUT2D eigenvalue weighted by Gasteiger charge is 2.40. The van der Waals surface area contributed by atoms with Crippen LogP contribution in [0.25, 0.3) is 0 Å². The van der Waals surface area contributed by atoms with E-state index in [1.165, 1.54) is 7.11 Å². The van der Waals surface area contributed by atoms with Crippen LogP contribution in [0, 0.1) is 12.3 Å². The van der Waals surface area contributed by atoms with Crippen molar-refractivity contribution in [3.63, 3.8) is 0 Å². The van der Waals surface area contributed by atoms with Crippen LogP contribution in [-0.2, 0) is 33.9 Å². The Hall–Kier alpha value is -5.10. The number of terminal acetylenes is 1. The molecule has 1 unspecified atom stereocenters. The average molecular weight is 574 g/mol. The third-order valence-corrected chi connectivity index (χ3v) is 6.69. The summed E-state index contributed by atoms with van der Waals surface area (Å²) in [6, 6.07) is 19.7. The molecule has 0 fully saturated rings. The average Bonchev–Trinajstić information content (AvgIpc) is 2.99. The van der Waals surface area contributed by atoms with Crippen LogP contribution in [0.2, 0.25) is 0 Å². The lowest BCUT2D eigenvalue weighted by Gasteiger charge is -2.37. The SMILES string of the molecule is C#C/C(O[C@H](C(=O)N1Cc2ccc(OC)c(OCc3ccccc3)c2CC1C(=O)O)c1ccccc1)=C(F)\C=C(/C)F. The van der Waals surface area contributed by atoms with Crippen LogP contribution in [0.5, 0.6) is 11.5 Å². The highest BCUT2D eigenvalue weighted by atomic mass is 19.1. The number of carboxylic acid groups (broad SMARTS) is 1. The standard InChI is InChI=1S/C33H29F2NO6/c1-4-28(26(35)17-21(2)34)42-30(23-13-9-6-10-14-23)32(37)36-19-24-15-16-29(40-3)31(25(24)18-27(36)33(38)39)41-20-22-11-7-5-8-12-22/h1,5-17,27,30H,18-20H2,2-3H3,(H,38,39)/b21-17+,28-26-/t27?,30-/m0/s1. The molecule has 3 aromatic carbocycles. The number of hydrogen-bond donors (Lipinski definition) is 1. The first kappa shape index (κ1) is 29.9. The van der Waals surface area contributed by atoms with Gasteiger partial charge in [-0.3, -0.25) is 4.79 Å². The maximum atomic E-state index is 14.7. The number of nitrogens with zero attached hydrogens (tertiary/aromatic N) is 1. The van der Waals surface area contributed by atoms with Gasteiger partial charge >= 0.3 is 5.97 Å². The lowest BCUT2D eigenvalue weighted by Crippen LogP contribution is -2.50. The van der Waals surface area contributed by atoms with E-state index in [-0.39, 0.29) is 19.6 Å². The van der Waals surface area contributed by atoms with E-state index in [0.717, 1.165) is 17.4 Å². The molecule has 3 aromatic rings. The Morgan fingerprint density at radius 3 is 2.36 bits per heavy atom. The van der Waals surface area contributed by atoms with E-state index in [9.17, 15) is 23.5 Å². The van der Waals surface area contributed by atoms with Crippen LogP contribution in [0.1, 0.15) is 35.3 Å². The van der Waals surface area contributed by atoms with Gasteiger partial charge in [-0.1, -0.05) is 66.7 Å². The van der Waals surface area contributed by atoms with Crippen molar-refractivity contribution >= 4 is 11.9 Å². The molecule has 42 heavy (non-hydrogen) atoms. The van der Waals surface area contributed by atoms with Gasteiger partial charge in [0.2, 0.25) is 11.9 Å². The Bertz CT molecular complexity index is 1540. The molecule has 9 heteroatoms. The number of benzene rings is 3. The molecule has 0 spiro atoms. The van der Waals surface area contributed by atoms with E-state index in [1.807, 2.05) is 36.3 Å². The van der Waals surface area contributed by atoms with E-state index in [4.69, 9.17) is 20.6 Å². The lowest BCUT2D eigenvalue weighted by molar-refractivity contribution is -0.156. The fourth-order valence-corrected chi connectivity index (χ4v) is 4.67. The summed E-state index contributed by atoms with van der Waals surface area (Å²) in [5.41, 5.74) is 2.45.